The van der Waals surface area contributed by atoms with Crippen molar-refractivity contribution in [1.29, 1.82) is 0 Å². The molecule has 19 heavy (non-hydrogen) atoms. The Hall–Kier alpha value is -1.10. The summed E-state index contributed by atoms with van der Waals surface area (Å²) in [5, 5.41) is 2.61. The van der Waals surface area contributed by atoms with Crippen molar-refractivity contribution in [1.82, 2.24) is 5.32 Å². The van der Waals surface area contributed by atoms with Gasteiger partial charge in [0.15, 0.2) is 5.78 Å². The van der Waals surface area contributed by atoms with Crippen molar-refractivity contribution in [3.05, 3.63) is 0 Å². The van der Waals surface area contributed by atoms with Crippen LogP contribution in [0, 0.1) is 5.92 Å². The summed E-state index contributed by atoms with van der Waals surface area (Å²) >= 11 is 0. The van der Waals surface area contributed by atoms with Gasteiger partial charge in [-0.2, -0.15) is 0 Å². The average Bonchev–Trinajstić information content (AvgIpc) is 2.42. The molecular formula is C14H27NO4. The first-order chi connectivity index (χ1) is 9.10. The molecule has 0 spiro atoms. The van der Waals surface area contributed by atoms with Crippen LogP contribution in [0.4, 0.5) is 4.79 Å². The van der Waals surface area contributed by atoms with Crippen molar-refractivity contribution in [2.75, 3.05) is 20.8 Å². The van der Waals surface area contributed by atoms with E-state index >= 15 is 0 Å². The SMILES string of the molecule is CCCC(CCC)C(=O)[C@@H](CCOC)NC(=O)OC. The Bertz CT molecular complexity index is 262. The predicted molar refractivity (Wildman–Crippen MR) is 74.1 cm³/mol. The molecule has 0 rings (SSSR count). The van der Waals surface area contributed by atoms with Crippen molar-refractivity contribution in [2.24, 2.45) is 5.92 Å². The number of hydrogen-bond acceptors (Lipinski definition) is 4. The highest BCUT2D eigenvalue weighted by Crippen LogP contribution is 2.17. The highest BCUT2D eigenvalue weighted by Gasteiger charge is 2.27. The Morgan fingerprint density at radius 1 is 1.05 bits per heavy atom. The molecule has 1 atom stereocenters. The van der Waals surface area contributed by atoms with Gasteiger partial charge in [0.05, 0.1) is 13.2 Å². The molecule has 112 valence electrons. The molecule has 0 aliphatic rings. The van der Waals surface area contributed by atoms with Crippen LogP contribution in [0.15, 0.2) is 0 Å². The number of carbonyl (C=O) groups is 2. The molecule has 0 unspecified atom stereocenters. The highest BCUT2D eigenvalue weighted by atomic mass is 16.5. The van der Waals surface area contributed by atoms with Gasteiger partial charge in [-0.1, -0.05) is 26.7 Å². The number of carbonyl (C=O) groups excluding carboxylic acids is 2. The Morgan fingerprint density at radius 3 is 2.05 bits per heavy atom. The van der Waals surface area contributed by atoms with E-state index in [0.29, 0.717) is 13.0 Å². The molecule has 1 amide bonds. The largest absolute Gasteiger partial charge is 0.453 e. The third-order valence-electron chi connectivity index (χ3n) is 3.11. The van der Waals surface area contributed by atoms with Crippen LogP contribution in [0.5, 0.6) is 0 Å². The van der Waals surface area contributed by atoms with Crippen LogP contribution in [-0.4, -0.2) is 38.7 Å². The molecule has 0 aromatic heterocycles. The fourth-order valence-corrected chi connectivity index (χ4v) is 2.13. The average molecular weight is 273 g/mol. The first-order valence-corrected chi connectivity index (χ1v) is 6.97. The lowest BCUT2D eigenvalue weighted by atomic mass is 9.89. The standard InChI is InChI=1S/C14H27NO4/c1-5-7-11(8-6-2)13(16)12(9-10-18-3)15-14(17)19-4/h11-12H,5-10H2,1-4H3,(H,15,17)/t12-/m1/s1. The molecule has 0 heterocycles. The van der Waals surface area contributed by atoms with Crippen LogP contribution in [0.3, 0.4) is 0 Å². The van der Waals surface area contributed by atoms with E-state index in [2.05, 4.69) is 23.9 Å². The lowest BCUT2D eigenvalue weighted by Gasteiger charge is -2.22. The zero-order chi connectivity index (χ0) is 14.7. The number of nitrogens with one attached hydrogen (secondary N) is 1. The van der Waals surface area contributed by atoms with E-state index in [9.17, 15) is 9.59 Å². The second-order valence-corrected chi connectivity index (χ2v) is 4.65. The smallest absolute Gasteiger partial charge is 0.407 e. The Balaban J connectivity index is 4.67. The van der Waals surface area contributed by atoms with Crippen LogP contribution >= 0.6 is 0 Å². The highest BCUT2D eigenvalue weighted by molar-refractivity contribution is 5.89. The van der Waals surface area contributed by atoms with Gasteiger partial charge >= 0.3 is 6.09 Å². The molecule has 0 aliphatic carbocycles. The van der Waals surface area contributed by atoms with Gasteiger partial charge in [-0.3, -0.25) is 4.79 Å². The van der Waals surface area contributed by atoms with Gasteiger partial charge in [-0.05, 0) is 19.3 Å². The van der Waals surface area contributed by atoms with Gasteiger partial charge in [0.1, 0.15) is 0 Å². The van der Waals surface area contributed by atoms with Crippen LogP contribution in [-0.2, 0) is 14.3 Å². The van der Waals surface area contributed by atoms with Crippen LogP contribution < -0.4 is 5.32 Å². The molecule has 0 fully saturated rings. The van der Waals surface area contributed by atoms with Crippen molar-refractivity contribution >= 4 is 11.9 Å². The molecule has 0 aromatic carbocycles. The first kappa shape index (κ1) is 17.9. The minimum atomic E-state index is -0.568. The first-order valence-electron chi connectivity index (χ1n) is 6.97. The van der Waals surface area contributed by atoms with Crippen LogP contribution in [0.25, 0.3) is 0 Å². The van der Waals surface area contributed by atoms with Crippen LogP contribution in [0.2, 0.25) is 0 Å². The number of hydrogen-bond donors (Lipinski definition) is 1. The number of rotatable bonds is 10. The maximum Gasteiger partial charge on any atom is 0.407 e. The molecular weight excluding hydrogens is 246 g/mol. The lowest BCUT2D eigenvalue weighted by molar-refractivity contribution is -0.125. The van der Waals surface area contributed by atoms with E-state index in [1.807, 2.05) is 0 Å². The molecule has 0 aromatic rings. The molecule has 0 aliphatic heterocycles. The minimum Gasteiger partial charge on any atom is -0.453 e. The number of Topliss-reactive ketones (excluding diaryl/α,β-unsaturated/α-hetero) is 1. The number of ether oxygens (including phenoxy) is 2. The van der Waals surface area contributed by atoms with E-state index in [-0.39, 0.29) is 11.7 Å². The van der Waals surface area contributed by atoms with Gasteiger partial charge in [0.2, 0.25) is 0 Å². The summed E-state index contributed by atoms with van der Waals surface area (Å²) in [7, 11) is 2.87. The van der Waals surface area contributed by atoms with E-state index in [0.717, 1.165) is 25.7 Å². The fourth-order valence-electron chi connectivity index (χ4n) is 2.13. The Labute approximate surface area is 116 Å². The van der Waals surface area contributed by atoms with Gasteiger partial charge < -0.3 is 14.8 Å². The number of ketones is 1. The summed E-state index contributed by atoms with van der Waals surface area (Å²) in [4.78, 5) is 23.8. The van der Waals surface area contributed by atoms with Gasteiger partial charge in [-0.15, -0.1) is 0 Å². The van der Waals surface area contributed by atoms with E-state index in [4.69, 9.17) is 4.74 Å². The summed E-state index contributed by atoms with van der Waals surface area (Å²) in [5.41, 5.74) is 0. The van der Waals surface area contributed by atoms with Gasteiger partial charge in [0.25, 0.3) is 0 Å². The van der Waals surface area contributed by atoms with E-state index in [1.165, 1.54) is 7.11 Å². The molecule has 0 saturated carbocycles. The van der Waals surface area contributed by atoms with Crippen molar-refractivity contribution in [2.45, 2.75) is 52.0 Å². The monoisotopic (exact) mass is 273 g/mol. The summed E-state index contributed by atoms with van der Waals surface area (Å²) in [5.74, 6) is 0.0974. The number of alkyl carbamates (subject to hydrolysis) is 1. The molecule has 0 saturated heterocycles. The number of amides is 1. The third-order valence-corrected chi connectivity index (χ3v) is 3.11. The zero-order valence-electron chi connectivity index (χ0n) is 12.5. The topological polar surface area (TPSA) is 64.6 Å². The fraction of sp³-hybridized carbons (Fsp3) is 0.857. The Kier molecular flexibility index (Phi) is 10.2. The quantitative estimate of drug-likeness (QED) is 0.664. The number of methoxy groups -OCH3 is 2. The van der Waals surface area contributed by atoms with Crippen molar-refractivity contribution in [3.63, 3.8) is 0 Å². The maximum atomic E-state index is 12.5. The maximum absolute atomic E-state index is 12.5. The van der Waals surface area contributed by atoms with Crippen molar-refractivity contribution in [3.8, 4) is 0 Å². The van der Waals surface area contributed by atoms with E-state index < -0.39 is 12.1 Å². The van der Waals surface area contributed by atoms with Crippen molar-refractivity contribution < 1.29 is 19.1 Å². The normalized spacial score (nSPS) is 12.3. The Morgan fingerprint density at radius 2 is 1.63 bits per heavy atom. The van der Waals surface area contributed by atoms with Crippen LogP contribution in [0.1, 0.15) is 46.0 Å². The summed E-state index contributed by atoms with van der Waals surface area (Å²) < 4.78 is 9.56. The lowest BCUT2D eigenvalue weighted by Crippen LogP contribution is -2.44. The summed E-state index contributed by atoms with van der Waals surface area (Å²) in [6, 6.07) is -0.518. The molecule has 1 N–H and O–H groups in total. The summed E-state index contributed by atoms with van der Waals surface area (Å²) in [6.07, 6.45) is 3.56. The second-order valence-electron chi connectivity index (χ2n) is 4.65. The molecule has 0 bridgehead atoms. The third kappa shape index (κ3) is 7.15. The van der Waals surface area contributed by atoms with Gasteiger partial charge in [0, 0.05) is 19.6 Å². The predicted octanol–water partition coefficient (Wildman–Crippen LogP) is 2.53. The molecule has 5 nitrogen and oxygen atoms in total. The van der Waals surface area contributed by atoms with Gasteiger partial charge in [-0.25, -0.2) is 4.79 Å². The zero-order valence-corrected chi connectivity index (χ0v) is 12.5. The summed E-state index contributed by atoms with van der Waals surface area (Å²) in [6.45, 7) is 4.56. The molecule has 0 radical (unpaired) electrons. The second kappa shape index (κ2) is 10.8. The molecule has 5 heteroatoms. The van der Waals surface area contributed by atoms with E-state index in [1.54, 1.807) is 7.11 Å². The minimum absolute atomic E-state index is 0.00834.